The molecule has 0 spiro atoms. The van der Waals surface area contributed by atoms with E-state index in [2.05, 4.69) is 5.32 Å². The molecule has 0 unspecified atom stereocenters. The molecule has 1 rings (SSSR count). The Kier molecular flexibility index (Phi) is 3.33. The van der Waals surface area contributed by atoms with Crippen molar-refractivity contribution < 1.29 is 4.79 Å². The first kappa shape index (κ1) is 8.78. The predicted molar refractivity (Wildman–Crippen MR) is 49.4 cm³/mol. The molecule has 0 saturated carbocycles. The van der Waals surface area contributed by atoms with Gasteiger partial charge < -0.3 is 5.32 Å². The van der Waals surface area contributed by atoms with Gasteiger partial charge in [-0.15, -0.1) is 0 Å². The lowest BCUT2D eigenvalue weighted by atomic mass is 10.3. The summed E-state index contributed by atoms with van der Waals surface area (Å²) in [4.78, 5) is 11.0. The van der Waals surface area contributed by atoms with Crippen LogP contribution in [0.1, 0.15) is 19.8 Å². The Morgan fingerprint density at radius 3 is 3.08 bits per heavy atom. The highest BCUT2D eigenvalue weighted by atomic mass is 16.1. The largest absolute Gasteiger partial charge is 0.329 e. The van der Waals surface area contributed by atoms with Gasteiger partial charge in [-0.05, 0) is 6.08 Å². The molecule has 0 bridgehead atoms. The molecule has 0 aromatic carbocycles. The van der Waals surface area contributed by atoms with Crippen molar-refractivity contribution in [2.75, 3.05) is 0 Å². The van der Waals surface area contributed by atoms with E-state index in [1.807, 2.05) is 37.3 Å². The van der Waals surface area contributed by atoms with Gasteiger partial charge in [-0.2, -0.15) is 0 Å². The Morgan fingerprint density at radius 2 is 2.33 bits per heavy atom. The number of hydrogen-bond donors (Lipinski definition) is 1. The first-order valence-electron chi connectivity index (χ1n) is 4.15. The molecule has 0 aromatic heterocycles. The van der Waals surface area contributed by atoms with Gasteiger partial charge in [-0.25, -0.2) is 0 Å². The fourth-order valence-electron chi connectivity index (χ4n) is 0.938. The molecular weight excluding hydrogens is 150 g/mol. The maximum Gasteiger partial charge on any atom is 0.223 e. The quantitative estimate of drug-likeness (QED) is 0.662. The highest BCUT2D eigenvalue weighted by Gasteiger charge is 1.99. The molecule has 2 heteroatoms. The number of carbonyl (C=O) groups excluding carboxylic acids is 1. The standard InChI is InChI=1S/C10H13NO/c1-2-10(12)11-9-7-5-3-4-6-8-9/h3-7H,2,8H2,1H3,(H,11,12). The van der Waals surface area contributed by atoms with E-state index in [1.165, 1.54) is 0 Å². The van der Waals surface area contributed by atoms with E-state index in [4.69, 9.17) is 0 Å². The molecule has 1 amide bonds. The Labute approximate surface area is 72.7 Å². The third-order valence-electron chi connectivity index (χ3n) is 1.61. The number of amides is 1. The van der Waals surface area contributed by atoms with Crippen LogP contribution in [0.2, 0.25) is 0 Å². The van der Waals surface area contributed by atoms with Crippen LogP contribution < -0.4 is 5.32 Å². The SMILES string of the molecule is CCC(=O)NC1=CC=CC=CC1. The summed E-state index contributed by atoms with van der Waals surface area (Å²) < 4.78 is 0. The lowest BCUT2D eigenvalue weighted by Gasteiger charge is -2.04. The molecule has 1 N–H and O–H groups in total. The smallest absolute Gasteiger partial charge is 0.223 e. The van der Waals surface area contributed by atoms with Crippen LogP contribution in [0.15, 0.2) is 36.1 Å². The summed E-state index contributed by atoms with van der Waals surface area (Å²) in [6, 6.07) is 0. The van der Waals surface area contributed by atoms with E-state index in [0.717, 1.165) is 12.1 Å². The molecule has 0 radical (unpaired) electrons. The van der Waals surface area contributed by atoms with Gasteiger partial charge in [0.25, 0.3) is 0 Å². The van der Waals surface area contributed by atoms with Gasteiger partial charge in [-0.3, -0.25) is 4.79 Å². The first-order valence-corrected chi connectivity index (χ1v) is 4.15. The van der Waals surface area contributed by atoms with Crippen LogP contribution in [-0.4, -0.2) is 5.91 Å². The van der Waals surface area contributed by atoms with E-state index in [1.54, 1.807) is 0 Å². The topological polar surface area (TPSA) is 29.1 Å². The van der Waals surface area contributed by atoms with Crippen LogP contribution in [0.5, 0.6) is 0 Å². The molecule has 1 aliphatic rings. The number of hydrogen-bond acceptors (Lipinski definition) is 1. The van der Waals surface area contributed by atoms with E-state index < -0.39 is 0 Å². The summed E-state index contributed by atoms with van der Waals surface area (Å²) in [6.07, 6.45) is 11.1. The Morgan fingerprint density at radius 1 is 1.50 bits per heavy atom. The van der Waals surface area contributed by atoms with Gasteiger partial charge in [0.2, 0.25) is 5.91 Å². The van der Waals surface area contributed by atoms with E-state index in [0.29, 0.717) is 6.42 Å². The number of allylic oxidation sites excluding steroid dienone is 5. The molecule has 1 aliphatic carbocycles. The number of rotatable bonds is 2. The Balaban J connectivity index is 2.52. The lowest BCUT2D eigenvalue weighted by Crippen LogP contribution is -2.20. The van der Waals surface area contributed by atoms with Crippen LogP contribution in [0.3, 0.4) is 0 Å². The van der Waals surface area contributed by atoms with Crippen LogP contribution >= 0.6 is 0 Å². The summed E-state index contributed by atoms with van der Waals surface area (Å²) in [5.74, 6) is 0.0740. The lowest BCUT2D eigenvalue weighted by molar-refractivity contribution is -0.120. The summed E-state index contributed by atoms with van der Waals surface area (Å²) in [6.45, 7) is 1.85. The average molecular weight is 163 g/mol. The number of carbonyl (C=O) groups is 1. The molecule has 2 nitrogen and oxygen atoms in total. The number of nitrogens with one attached hydrogen (secondary N) is 1. The second-order valence-electron chi connectivity index (χ2n) is 2.61. The molecule has 64 valence electrons. The van der Waals surface area contributed by atoms with E-state index in [-0.39, 0.29) is 5.91 Å². The van der Waals surface area contributed by atoms with Crippen molar-refractivity contribution in [1.82, 2.24) is 5.32 Å². The second kappa shape index (κ2) is 4.54. The fourth-order valence-corrected chi connectivity index (χ4v) is 0.938. The van der Waals surface area contributed by atoms with Gasteiger partial charge in [0, 0.05) is 18.5 Å². The van der Waals surface area contributed by atoms with Crippen molar-refractivity contribution in [3.8, 4) is 0 Å². The molecule has 0 aromatic rings. The minimum Gasteiger partial charge on any atom is -0.329 e. The van der Waals surface area contributed by atoms with Gasteiger partial charge >= 0.3 is 0 Å². The zero-order valence-electron chi connectivity index (χ0n) is 7.21. The molecule has 0 heterocycles. The van der Waals surface area contributed by atoms with Crippen molar-refractivity contribution in [3.63, 3.8) is 0 Å². The highest BCUT2D eigenvalue weighted by Crippen LogP contribution is 2.03. The summed E-state index contributed by atoms with van der Waals surface area (Å²) in [5, 5.41) is 2.83. The molecule has 0 aliphatic heterocycles. The normalized spacial score (nSPS) is 15.2. The highest BCUT2D eigenvalue weighted by molar-refractivity contribution is 5.77. The third kappa shape index (κ3) is 2.74. The van der Waals surface area contributed by atoms with E-state index >= 15 is 0 Å². The van der Waals surface area contributed by atoms with Crippen LogP contribution in [0, 0.1) is 0 Å². The Hall–Kier alpha value is -1.31. The van der Waals surface area contributed by atoms with Gasteiger partial charge in [0.1, 0.15) is 0 Å². The summed E-state index contributed by atoms with van der Waals surface area (Å²) >= 11 is 0. The zero-order valence-corrected chi connectivity index (χ0v) is 7.21. The maximum atomic E-state index is 11.0. The van der Waals surface area contributed by atoms with Crippen molar-refractivity contribution in [2.45, 2.75) is 19.8 Å². The summed E-state index contributed by atoms with van der Waals surface area (Å²) in [5.41, 5.74) is 0.965. The summed E-state index contributed by atoms with van der Waals surface area (Å²) in [7, 11) is 0. The first-order chi connectivity index (χ1) is 5.83. The van der Waals surface area contributed by atoms with Crippen molar-refractivity contribution >= 4 is 5.91 Å². The monoisotopic (exact) mass is 163 g/mol. The molecule has 12 heavy (non-hydrogen) atoms. The minimum absolute atomic E-state index is 0.0740. The molecule has 0 atom stereocenters. The van der Waals surface area contributed by atoms with Gasteiger partial charge in [0.05, 0.1) is 0 Å². The molecular formula is C10H13NO. The van der Waals surface area contributed by atoms with Gasteiger partial charge in [-0.1, -0.05) is 31.2 Å². The van der Waals surface area contributed by atoms with Crippen molar-refractivity contribution in [3.05, 3.63) is 36.1 Å². The van der Waals surface area contributed by atoms with Crippen LogP contribution in [0.4, 0.5) is 0 Å². The van der Waals surface area contributed by atoms with Crippen molar-refractivity contribution in [2.24, 2.45) is 0 Å². The zero-order chi connectivity index (χ0) is 8.81. The van der Waals surface area contributed by atoms with E-state index in [9.17, 15) is 4.79 Å². The predicted octanol–water partition coefficient (Wildman–Crippen LogP) is 1.91. The second-order valence-corrected chi connectivity index (χ2v) is 2.61. The minimum atomic E-state index is 0.0740. The maximum absolute atomic E-state index is 11.0. The van der Waals surface area contributed by atoms with Crippen molar-refractivity contribution in [1.29, 1.82) is 0 Å². The van der Waals surface area contributed by atoms with Crippen LogP contribution in [-0.2, 0) is 4.79 Å². The Bertz CT molecular complexity index is 249. The third-order valence-corrected chi connectivity index (χ3v) is 1.61. The molecule has 0 fully saturated rings. The fraction of sp³-hybridized carbons (Fsp3) is 0.300. The molecule has 0 saturated heterocycles. The van der Waals surface area contributed by atoms with Crippen LogP contribution in [0.25, 0.3) is 0 Å². The average Bonchev–Trinajstić information content (AvgIpc) is 2.33. The van der Waals surface area contributed by atoms with Gasteiger partial charge in [0.15, 0.2) is 0 Å².